The van der Waals surface area contributed by atoms with Gasteiger partial charge in [0, 0.05) is 24.6 Å². The lowest BCUT2D eigenvalue weighted by atomic mass is 10.1. The van der Waals surface area contributed by atoms with Crippen LogP contribution in [0.15, 0.2) is 36.7 Å². The molecule has 0 amide bonds. The number of ether oxygens (including phenoxy) is 3. The van der Waals surface area contributed by atoms with Crippen LogP contribution in [0.25, 0.3) is 11.4 Å². The van der Waals surface area contributed by atoms with Crippen LogP contribution in [0.2, 0.25) is 0 Å². The largest absolute Gasteiger partial charge is 0.494 e. The van der Waals surface area contributed by atoms with Crippen LogP contribution in [0, 0.1) is 0 Å². The Morgan fingerprint density at radius 3 is 2.21 bits per heavy atom. The summed E-state index contributed by atoms with van der Waals surface area (Å²) in [5.74, 6) is -0.0993. The number of alkyl halides is 3. The molecule has 182 valence electrons. The Morgan fingerprint density at radius 2 is 1.61 bits per heavy atom. The lowest BCUT2D eigenvalue weighted by Crippen LogP contribution is -2.37. The van der Waals surface area contributed by atoms with E-state index in [0.717, 1.165) is 31.0 Å². The SMILES string of the molecule is CCCCCCCCOc1ccc(-c2ncc(C(=O)OC(COCC)C(F)(F)F)cn2)cc1. The summed E-state index contributed by atoms with van der Waals surface area (Å²) < 4.78 is 54.1. The lowest BCUT2D eigenvalue weighted by molar-refractivity contribution is -0.217. The molecule has 0 aliphatic rings. The summed E-state index contributed by atoms with van der Waals surface area (Å²) in [6.45, 7) is 3.71. The molecule has 0 saturated heterocycles. The molecule has 1 aromatic heterocycles. The van der Waals surface area contributed by atoms with E-state index in [1.807, 2.05) is 0 Å². The first-order valence-corrected chi connectivity index (χ1v) is 11.3. The molecule has 0 radical (unpaired) electrons. The minimum absolute atomic E-state index is 0.0742. The van der Waals surface area contributed by atoms with Crippen molar-refractivity contribution in [1.82, 2.24) is 9.97 Å². The average molecular weight is 469 g/mol. The van der Waals surface area contributed by atoms with Crippen molar-refractivity contribution in [2.24, 2.45) is 0 Å². The fourth-order valence-electron chi connectivity index (χ4n) is 2.97. The van der Waals surface area contributed by atoms with Crippen molar-refractivity contribution in [3.63, 3.8) is 0 Å². The molecule has 0 N–H and O–H groups in total. The van der Waals surface area contributed by atoms with Gasteiger partial charge in [-0.2, -0.15) is 13.2 Å². The van der Waals surface area contributed by atoms with Crippen molar-refractivity contribution in [3.05, 3.63) is 42.2 Å². The fourth-order valence-corrected chi connectivity index (χ4v) is 2.97. The number of unbranched alkanes of at least 4 members (excludes halogenated alkanes) is 5. The van der Waals surface area contributed by atoms with Crippen LogP contribution in [0.5, 0.6) is 5.75 Å². The van der Waals surface area contributed by atoms with Crippen LogP contribution >= 0.6 is 0 Å². The number of esters is 1. The van der Waals surface area contributed by atoms with Crippen LogP contribution in [0.1, 0.15) is 62.7 Å². The Kier molecular flexibility index (Phi) is 11.1. The monoisotopic (exact) mass is 468 g/mol. The Bertz CT molecular complexity index is 827. The Hall–Kier alpha value is -2.68. The molecule has 1 aromatic carbocycles. The van der Waals surface area contributed by atoms with Crippen LogP contribution in [0.4, 0.5) is 13.2 Å². The molecule has 2 aromatic rings. The molecule has 0 aliphatic heterocycles. The number of halogens is 3. The minimum Gasteiger partial charge on any atom is -0.494 e. The molecule has 0 saturated carbocycles. The van der Waals surface area contributed by atoms with Crippen LogP contribution < -0.4 is 4.74 Å². The highest BCUT2D eigenvalue weighted by molar-refractivity contribution is 5.89. The molecule has 1 atom stereocenters. The summed E-state index contributed by atoms with van der Waals surface area (Å²) in [5.41, 5.74) is 0.509. The van der Waals surface area contributed by atoms with Gasteiger partial charge in [0.2, 0.25) is 6.10 Å². The summed E-state index contributed by atoms with van der Waals surface area (Å²) in [6, 6.07) is 7.18. The molecule has 0 spiro atoms. The number of aromatic nitrogens is 2. The van der Waals surface area contributed by atoms with Gasteiger partial charge in [-0.25, -0.2) is 14.8 Å². The number of carbonyl (C=O) groups is 1. The van der Waals surface area contributed by atoms with E-state index >= 15 is 0 Å². The molecule has 6 nitrogen and oxygen atoms in total. The van der Waals surface area contributed by atoms with Crippen LogP contribution in [0.3, 0.4) is 0 Å². The zero-order valence-electron chi connectivity index (χ0n) is 19.1. The van der Waals surface area contributed by atoms with Gasteiger partial charge in [-0.1, -0.05) is 39.0 Å². The third-order valence-corrected chi connectivity index (χ3v) is 4.85. The van der Waals surface area contributed by atoms with Gasteiger partial charge >= 0.3 is 12.1 Å². The minimum atomic E-state index is -4.73. The van der Waals surface area contributed by atoms with E-state index in [1.165, 1.54) is 25.7 Å². The summed E-state index contributed by atoms with van der Waals surface area (Å²) >= 11 is 0. The second kappa shape index (κ2) is 13.8. The molecule has 9 heteroatoms. The normalized spacial score (nSPS) is 12.4. The van der Waals surface area contributed by atoms with Crippen LogP contribution in [-0.4, -0.2) is 48.0 Å². The zero-order valence-corrected chi connectivity index (χ0v) is 19.1. The van der Waals surface area contributed by atoms with E-state index in [1.54, 1.807) is 31.2 Å². The highest BCUT2D eigenvalue weighted by Crippen LogP contribution is 2.25. The van der Waals surface area contributed by atoms with Gasteiger partial charge in [-0.05, 0) is 37.6 Å². The number of nitrogens with zero attached hydrogens (tertiary/aromatic N) is 2. The highest BCUT2D eigenvalue weighted by atomic mass is 19.4. The molecular formula is C24H31F3N2O4. The summed E-state index contributed by atoms with van der Waals surface area (Å²) in [7, 11) is 0. The number of benzene rings is 1. The molecule has 1 heterocycles. The second-order valence-electron chi connectivity index (χ2n) is 7.53. The number of rotatable bonds is 14. The van der Waals surface area contributed by atoms with E-state index in [-0.39, 0.29) is 12.2 Å². The molecule has 0 aliphatic carbocycles. The predicted octanol–water partition coefficient (Wildman–Crippen LogP) is 6.01. The average Bonchev–Trinajstić information content (AvgIpc) is 2.81. The third kappa shape index (κ3) is 9.37. The number of carbonyl (C=O) groups excluding carboxylic acids is 1. The van der Waals surface area contributed by atoms with E-state index in [4.69, 9.17) is 9.47 Å². The third-order valence-electron chi connectivity index (χ3n) is 4.85. The molecular weight excluding hydrogens is 437 g/mol. The Morgan fingerprint density at radius 1 is 0.970 bits per heavy atom. The second-order valence-corrected chi connectivity index (χ2v) is 7.53. The van der Waals surface area contributed by atoms with Gasteiger partial charge in [0.25, 0.3) is 0 Å². The maximum atomic E-state index is 13.0. The van der Waals surface area contributed by atoms with Crippen molar-refractivity contribution < 1.29 is 32.2 Å². The van der Waals surface area contributed by atoms with Crippen molar-refractivity contribution in [2.75, 3.05) is 19.8 Å². The molecule has 33 heavy (non-hydrogen) atoms. The zero-order chi connectivity index (χ0) is 24.1. The van der Waals surface area contributed by atoms with E-state index in [9.17, 15) is 18.0 Å². The molecule has 0 bridgehead atoms. The Balaban J connectivity index is 1.88. The smallest absolute Gasteiger partial charge is 0.427 e. The Labute approximate surface area is 192 Å². The first-order chi connectivity index (χ1) is 15.8. The molecule has 2 rings (SSSR count). The van der Waals surface area contributed by atoms with E-state index in [0.29, 0.717) is 18.0 Å². The maximum Gasteiger partial charge on any atom is 0.427 e. The predicted molar refractivity (Wildman–Crippen MR) is 118 cm³/mol. The van der Waals surface area contributed by atoms with Gasteiger partial charge in [-0.15, -0.1) is 0 Å². The molecule has 1 unspecified atom stereocenters. The number of hydrogen-bond donors (Lipinski definition) is 0. The topological polar surface area (TPSA) is 70.5 Å². The summed E-state index contributed by atoms with van der Waals surface area (Å²) in [5, 5.41) is 0. The standard InChI is InChI=1S/C24H31F3N2O4/c1-3-5-6-7-8-9-14-32-20-12-10-18(11-13-20)22-28-15-19(16-29-22)23(30)33-21(17-31-4-2)24(25,26)27/h10-13,15-16,21H,3-9,14,17H2,1-2H3. The quantitative estimate of drug-likeness (QED) is 0.250. The highest BCUT2D eigenvalue weighted by Gasteiger charge is 2.43. The van der Waals surface area contributed by atoms with Crippen LogP contribution in [-0.2, 0) is 9.47 Å². The van der Waals surface area contributed by atoms with Gasteiger partial charge in [0.05, 0.1) is 18.8 Å². The van der Waals surface area contributed by atoms with Gasteiger partial charge in [-0.3, -0.25) is 0 Å². The van der Waals surface area contributed by atoms with Crippen molar-refractivity contribution in [2.45, 2.75) is 64.7 Å². The van der Waals surface area contributed by atoms with Gasteiger partial charge < -0.3 is 14.2 Å². The first-order valence-electron chi connectivity index (χ1n) is 11.3. The fraction of sp³-hybridized carbons (Fsp3) is 0.542. The van der Waals surface area contributed by atoms with Gasteiger partial charge in [0.1, 0.15) is 5.75 Å². The van der Waals surface area contributed by atoms with Crippen molar-refractivity contribution >= 4 is 5.97 Å². The van der Waals surface area contributed by atoms with Crippen molar-refractivity contribution in [1.29, 1.82) is 0 Å². The number of hydrogen-bond acceptors (Lipinski definition) is 6. The van der Waals surface area contributed by atoms with E-state index < -0.39 is 24.9 Å². The first kappa shape index (κ1) is 26.6. The van der Waals surface area contributed by atoms with Gasteiger partial charge in [0.15, 0.2) is 5.82 Å². The van der Waals surface area contributed by atoms with Crippen molar-refractivity contribution in [3.8, 4) is 17.1 Å². The summed E-state index contributed by atoms with van der Waals surface area (Å²) in [4.78, 5) is 20.2. The lowest BCUT2D eigenvalue weighted by Gasteiger charge is -2.20. The maximum absolute atomic E-state index is 13.0. The van der Waals surface area contributed by atoms with E-state index in [2.05, 4.69) is 21.6 Å². The molecule has 0 fully saturated rings. The summed E-state index contributed by atoms with van der Waals surface area (Å²) in [6.07, 6.45) is 2.34.